The summed E-state index contributed by atoms with van der Waals surface area (Å²) in [5.74, 6) is 2.17. The van der Waals surface area contributed by atoms with Gasteiger partial charge in [-0.25, -0.2) is 0 Å². The maximum Gasteiger partial charge on any atom is 0.255 e. The Morgan fingerprint density at radius 1 is 1.50 bits per heavy atom. The van der Waals surface area contributed by atoms with E-state index in [0.717, 1.165) is 22.9 Å². The van der Waals surface area contributed by atoms with Gasteiger partial charge in [-0.1, -0.05) is 12.1 Å². The summed E-state index contributed by atoms with van der Waals surface area (Å²) in [6, 6.07) is 7.81. The van der Waals surface area contributed by atoms with Crippen molar-refractivity contribution in [2.75, 3.05) is 18.1 Å². The van der Waals surface area contributed by atoms with E-state index in [1.807, 2.05) is 40.9 Å². The minimum absolute atomic E-state index is 0.110. The summed E-state index contributed by atoms with van der Waals surface area (Å²) in [5, 5.41) is 0. The summed E-state index contributed by atoms with van der Waals surface area (Å²) in [7, 11) is 0. The van der Waals surface area contributed by atoms with Crippen molar-refractivity contribution in [3.05, 3.63) is 29.8 Å². The molecule has 1 aliphatic heterocycles. The molecule has 0 aliphatic carbocycles. The summed E-state index contributed by atoms with van der Waals surface area (Å²) < 4.78 is 0. The number of carbonyl (C=O) groups is 1. The van der Waals surface area contributed by atoms with Crippen LogP contribution >= 0.6 is 24.4 Å². The molecular formula is C12H15NOS2. The molecule has 0 spiro atoms. The third kappa shape index (κ3) is 2.38. The molecule has 1 saturated heterocycles. The monoisotopic (exact) mass is 253 g/mol. The molecule has 1 fully saturated rings. The topological polar surface area (TPSA) is 20.3 Å². The highest BCUT2D eigenvalue weighted by Gasteiger charge is 2.25. The Kier molecular flexibility index (Phi) is 3.82. The molecule has 0 bridgehead atoms. The Bertz CT molecular complexity index is 394. The van der Waals surface area contributed by atoms with Gasteiger partial charge in [0.25, 0.3) is 5.91 Å². The van der Waals surface area contributed by atoms with E-state index in [-0.39, 0.29) is 5.91 Å². The number of carbonyl (C=O) groups excluding carboxylic acids is 1. The Morgan fingerprint density at radius 2 is 2.25 bits per heavy atom. The first-order valence-corrected chi connectivity index (χ1v) is 6.97. The third-order valence-electron chi connectivity index (χ3n) is 2.76. The van der Waals surface area contributed by atoms with Gasteiger partial charge < -0.3 is 4.90 Å². The molecule has 1 atom stereocenters. The number of amides is 1. The van der Waals surface area contributed by atoms with Gasteiger partial charge in [-0.3, -0.25) is 4.79 Å². The van der Waals surface area contributed by atoms with Crippen LogP contribution in [0, 0.1) is 0 Å². The second-order valence-corrected chi connectivity index (χ2v) is 5.57. The first-order valence-electron chi connectivity index (χ1n) is 5.37. The van der Waals surface area contributed by atoms with Gasteiger partial charge in [-0.05, 0) is 19.1 Å². The number of rotatable bonds is 1. The second-order valence-electron chi connectivity index (χ2n) is 3.94. The first kappa shape index (κ1) is 11.9. The molecule has 1 aromatic carbocycles. The summed E-state index contributed by atoms with van der Waals surface area (Å²) in [6.45, 7) is 2.94. The van der Waals surface area contributed by atoms with Crippen molar-refractivity contribution < 1.29 is 4.79 Å². The zero-order valence-electron chi connectivity index (χ0n) is 9.22. The van der Waals surface area contributed by atoms with E-state index in [9.17, 15) is 4.79 Å². The summed E-state index contributed by atoms with van der Waals surface area (Å²) in [4.78, 5) is 15.0. The van der Waals surface area contributed by atoms with Crippen LogP contribution in [0.15, 0.2) is 29.2 Å². The standard InChI is InChI=1S/C12H15NOS2/c1-9-8-16-7-6-13(9)12(14)10-4-2-3-5-11(10)15/h2-5,9,15H,6-8H2,1H3. The van der Waals surface area contributed by atoms with Crippen molar-refractivity contribution in [1.82, 2.24) is 4.90 Å². The zero-order chi connectivity index (χ0) is 11.5. The molecule has 0 aromatic heterocycles. The second kappa shape index (κ2) is 5.15. The molecule has 16 heavy (non-hydrogen) atoms. The van der Waals surface area contributed by atoms with Gasteiger partial charge in [-0.15, -0.1) is 12.6 Å². The van der Waals surface area contributed by atoms with Gasteiger partial charge in [0.2, 0.25) is 0 Å². The summed E-state index contributed by atoms with van der Waals surface area (Å²) in [6.07, 6.45) is 0. The molecular weight excluding hydrogens is 238 g/mol. The van der Waals surface area contributed by atoms with Crippen LogP contribution in [0.1, 0.15) is 17.3 Å². The molecule has 4 heteroatoms. The molecule has 1 aliphatic rings. The Hall–Kier alpha value is -0.610. The van der Waals surface area contributed by atoms with Crippen molar-refractivity contribution in [2.45, 2.75) is 17.9 Å². The Morgan fingerprint density at radius 3 is 2.94 bits per heavy atom. The van der Waals surface area contributed by atoms with Crippen LogP contribution in [0.4, 0.5) is 0 Å². The van der Waals surface area contributed by atoms with E-state index in [0.29, 0.717) is 11.6 Å². The number of thiol groups is 1. The highest BCUT2D eigenvalue weighted by molar-refractivity contribution is 7.99. The highest BCUT2D eigenvalue weighted by Crippen LogP contribution is 2.21. The van der Waals surface area contributed by atoms with Gasteiger partial charge in [0.05, 0.1) is 5.56 Å². The number of benzene rings is 1. The van der Waals surface area contributed by atoms with Crippen LogP contribution in [0.25, 0.3) is 0 Å². The summed E-state index contributed by atoms with van der Waals surface area (Å²) >= 11 is 6.24. The van der Waals surface area contributed by atoms with Gasteiger partial charge >= 0.3 is 0 Å². The molecule has 1 aromatic rings. The maximum atomic E-state index is 12.3. The van der Waals surface area contributed by atoms with Crippen LogP contribution in [0.3, 0.4) is 0 Å². The van der Waals surface area contributed by atoms with Crippen LogP contribution in [-0.2, 0) is 0 Å². The van der Waals surface area contributed by atoms with Crippen molar-refractivity contribution in [3.8, 4) is 0 Å². The van der Waals surface area contributed by atoms with E-state index in [1.54, 1.807) is 0 Å². The minimum atomic E-state index is 0.110. The van der Waals surface area contributed by atoms with E-state index in [2.05, 4.69) is 19.6 Å². The lowest BCUT2D eigenvalue weighted by atomic mass is 10.1. The van der Waals surface area contributed by atoms with Crippen LogP contribution in [-0.4, -0.2) is 34.9 Å². The van der Waals surface area contributed by atoms with Crippen molar-refractivity contribution in [1.29, 1.82) is 0 Å². The van der Waals surface area contributed by atoms with Crippen molar-refractivity contribution in [3.63, 3.8) is 0 Å². The minimum Gasteiger partial charge on any atom is -0.334 e. The predicted octanol–water partition coefficient (Wildman–Crippen LogP) is 2.55. The SMILES string of the molecule is CC1CSCCN1C(=O)c1ccccc1S. The van der Waals surface area contributed by atoms with Crippen LogP contribution < -0.4 is 0 Å². The van der Waals surface area contributed by atoms with Gasteiger partial charge in [-0.2, -0.15) is 11.8 Å². The number of hydrogen-bond acceptors (Lipinski definition) is 3. The lowest BCUT2D eigenvalue weighted by Crippen LogP contribution is -2.44. The van der Waals surface area contributed by atoms with Gasteiger partial charge in [0.15, 0.2) is 0 Å². The molecule has 2 rings (SSSR count). The molecule has 0 saturated carbocycles. The van der Waals surface area contributed by atoms with Crippen LogP contribution in [0.5, 0.6) is 0 Å². The molecule has 1 amide bonds. The average molecular weight is 253 g/mol. The van der Waals surface area contributed by atoms with E-state index in [1.165, 1.54) is 0 Å². The number of nitrogens with zero attached hydrogens (tertiary/aromatic N) is 1. The van der Waals surface area contributed by atoms with Crippen molar-refractivity contribution in [2.24, 2.45) is 0 Å². The molecule has 1 heterocycles. The largest absolute Gasteiger partial charge is 0.334 e. The molecule has 2 nitrogen and oxygen atoms in total. The molecule has 1 unspecified atom stereocenters. The zero-order valence-corrected chi connectivity index (χ0v) is 10.9. The number of thioether (sulfide) groups is 1. The Balaban J connectivity index is 2.21. The van der Waals surface area contributed by atoms with Gasteiger partial charge in [0, 0.05) is 29.0 Å². The van der Waals surface area contributed by atoms with E-state index >= 15 is 0 Å². The molecule has 0 N–H and O–H groups in total. The fraction of sp³-hybridized carbons (Fsp3) is 0.417. The molecule has 86 valence electrons. The van der Waals surface area contributed by atoms with Gasteiger partial charge in [0.1, 0.15) is 0 Å². The number of hydrogen-bond donors (Lipinski definition) is 1. The van der Waals surface area contributed by atoms with Crippen molar-refractivity contribution >= 4 is 30.3 Å². The normalized spacial score (nSPS) is 20.9. The lowest BCUT2D eigenvalue weighted by Gasteiger charge is -2.33. The van der Waals surface area contributed by atoms with E-state index < -0.39 is 0 Å². The molecule has 0 radical (unpaired) electrons. The quantitative estimate of drug-likeness (QED) is 0.776. The van der Waals surface area contributed by atoms with E-state index in [4.69, 9.17) is 0 Å². The fourth-order valence-electron chi connectivity index (χ4n) is 1.84. The average Bonchev–Trinajstić information content (AvgIpc) is 2.29. The summed E-state index contributed by atoms with van der Waals surface area (Å²) in [5.41, 5.74) is 0.713. The lowest BCUT2D eigenvalue weighted by molar-refractivity contribution is 0.0712. The Labute approximate surface area is 106 Å². The fourth-order valence-corrected chi connectivity index (χ4v) is 3.11. The smallest absolute Gasteiger partial charge is 0.255 e. The highest BCUT2D eigenvalue weighted by atomic mass is 32.2. The predicted molar refractivity (Wildman–Crippen MR) is 71.5 cm³/mol. The first-order chi connectivity index (χ1) is 7.70. The maximum absolute atomic E-state index is 12.3. The third-order valence-corrected chi connectivity index (χ3v) is 4.34. The van der Waals surface area contributed by atoms with Crippen LogP contribution in [0.2, 0.25) is 0 Å².